The van der Waals surface area contributed by atoms with E-state index in [-0.39, 0.29) is 5.69 Å². The highest BCUT2D eigenvalue weighted by Crippen LogP contribution is 2.16. The standard InChI is InChI=1S/C17H15F2NO2/c1-2-22-14-7-3-12(4-8-14)5-10-17(21)20-16-11-13(18)6-9-15(16)19/h3-11H,2H2,1H3,(H,20,21)/b10-5+. The number of benzene rings is 2. The number of anilines is 1. The first-order chi connectivity index (χ1) is 10.6. The van der Waals surface area contributed by atoms with E-state index in [0.717, 1.165) is 29.5 Å². The van der Waals surface area contributed by atoms with Crippen LogP contribution < -0.4 is 10.1 Å². The van der Waals surface area contributed by atoms with Crippen LogP contribution in [0.25, 0.3) is 6.08 Å². The lowest BCUT2D eigenvalue weighted by atomic mass is 10.2. The molecule has 0 saturated carbocycles. The van der Waals surface area contributed by atoms with Gasteiger partial charge in [0, 0.05) is 12.1 Å². The van der Waals surface area contributed by atoms with Crippen LogP contribution in [0.4, 0.5) is 14.5 Å². The van der Waals surface area contributed by atoms with Crippen molar-refractivity contribution in [3.63, 3.8) is 0 Å². The van der Waals surface area contributed by atoms with E-state index < -0.39 is 17.5 Å². The fourth-order valence-corrected chi connectivity index (χ4v) is 1.78. The largest absolute Gasteiger partial charge is 0.494 e. The summed E-state index contributed by atoms with van der Waals surface area (Å²) in [5.74, 6) is -1.11. The zero-order valence-electron chi connectivity index (χ0n) is 12.0. The second-order valence-corrected chi connectivity index (χ2v) is 4.45. The maximum atomic E-state index is 13.4. The lowest BCUT2D eigenvalue weighted by Crippen LogP contribution is -2.09. The van der Waals surface area contributed by atoms with E-state index in [1.54, 1.807) is 30.3 Å². The maximum absolute atomic E-state index is 13.4. The number of carbonyl (C=O) groups excluding carboxylic acids is 1. The first-order valence-corrected chi connectivity index (χ1v) is 6.75. The van der Waals surface area contributed by atoms with Gasteiger partial charge in [0.2, 0.25) is 5.91 Å². The Balaban J connectivity index is 2.00. The summed E-state index contributed by atoms with van der Waals surface area (Å²) < 4.78 is 31.7. The molecule has 0 spiro atoms. The van der Waals surface area contributed by atoms with Crippen molar-refractivity contribution in [2.45, 2.75) is 6.92 Å². The van der Waals surface area contributed by atoms with Crippen LogP contribution in [0.3, 0.4) is 0 Å². The van der Waals surface area contributed by atoms with Gasteiger partial charge in [-0.1, -0.05) is 12.1 Å². The van der Waals surface area contributed by atoms with Crippen molar-refractivity contribution in [1.29, 1.82) is 0 Å². The van der Waals surface area contributed by atoms with E-state index in [1.807, 2.05) is 6.92 Å². The number of rotatable bonds is 5. The number of amides is 1. The van der Waals surface area contributed by atoms with Crippen LogP contribution in [0.2, 0.25) is 0 Å². The third-order valence-corrected chi connectivity index (χ3v) is 2.80. The van der Waals surface area contributed by atoms with Gasteiger partial charge in [-0.05, 0) is 42.8 Å². The third-order valence-electron chi connectivity index (χ3n) is 2.80. The smallest absolute Gasteiger partial charge is 0.248 e. The van der Waals surface area contributed by atoms with Crippen molar-refractivity contribution < 1.29 is 18.3 Å². The van der Waals surface area contributed by atoms with E-state index in [9.17, 15) is 13.6 Å². The molecule has 2 aromatic carbocycles. The van der Waals surface area contributed by atoms with Crippen LogP contribution in [0.15, 0.2) is 48.5 Å². The molecule has 2 rings (SSSR count). The molecule has 0 atom stereocenters. The van der Waals surface area contributed by atoms with Crippen molar-refractivity contribution in [2.24, 2.45) is 0 Å². The fraction of sp³-hybridized carbons (Fsp3) is 0.118. The number of nitrogens with one attached hydrogen (secondary N) is 1. The SMILES string of the molecule is CCOc1ccc(/C=C/C(=O)Nc2cc(F)ccc2F)cc1. The maximum Gasteiger partial charge on any atom is 0.248 e. The summed E-state index contributed by atoms with van der Waals surface area (Å²) in [6, 6.07) is 10.0. The Labute approximate surface area is 127 Å². The molecule has 5 heteroatoms. The van der Waals surface area contributed by atoms with Gasteiger partial charge in [0.05, 0.1) is 12.3 Å². The molecule has 0 aromatic heterocycles. The number of carbonyl (C=O) groups is 1. The molecule has 0 bridgehead atoms. The van der Waals surface area contributed by atoms with Gasteiger partial charge < -0.3 is 10.1 Å². The zero-order valence-corrected chi connectivity index (χ0v) is 12.0. The van der Waals surface area contributed by atoms with Crippen LogP contribution in [-0.2, 0) is 4.79 Å². The Morgan fingerprint density at radius 2 is 1.91 bits per heavy atom. The average molecular weight is 303 g/mol. The van der Waals surface area contributed by atoms with E-state index in [0.29, 0.717) is 6.61 Å². The van der Waals surface area contributed by atoms with Crippen LogP contribution in [0.5, 0.6) is 5.75 Å². The molecule has 2 aromatic rings. The second kappa shape index (κ2) is 7.36. The number of halogens is 2. The summed E-state index contributed by atoms with van der Waals surface area (Å²) >= 11 is 0. The number of hydrogen-bond acceptors (Lipinski definition) is 2. The Bertz CT molecular complexity index is 682. The van der Waals surface area contributed by atoms with Crippen LogP contribution in [0.1, 0.15) is 12.5 Å². The van der Waals surface area contributed by atoms with Crippen LogP contribution >= 0.6 is 0 Å². The molecule has 0 unspecified atom stereocenters. The third kappa shape index (κ3) is 4.41. The highest BCUT2D eigenvalue weighted by molar-refractivity contribution is 6.01. The lowest BCUT2D eigenvalue weighted by Gasteiger charge is -2.04. The molecule has 0 aliphatic rings. The molecule has 0 saturated heterocycles. The summed E-state index contributed by atoms with van der Waals surface area (Å²) in [7, 11) is 0. The minimum atomic E-state index is -0.691. The van der Waals surface area contributed by atoms with Gasteiger partial charge in [0.25, 0.3) is 0 Å². The van der Waals surface area contributed by atoms with Crippen molar-refractivity contribution >= 4 is 17.7 Å². The predicted molar refractivity (Wildman–Crippen MR) is 81.6 cm³/mol. The van der Waals surface area contributed by atoms with Gasteiger partial charge in [-0.2, -0.15) is 0 Å². The second-order valence-electron chi connectivity index (χ2n) is 4.45. The molecule has 0 heterocycles. The molecule has 22 heavy (non-hydrogen) atoms. The minimum absolute atomic E-state index is 0.193. The molecule has 0 aliphatic carbocycles. The first kappa shape index (κ1) is 15.7. The van der Waals surface area contributed by atoms with Gasteiger partial charge in [-0.25, -0.2) is 8.78 Å². The molecular formula is C17H15F2NO2. The molecule has 114 valence electrons. The number of hydrogen-bond donors (Lipinski definition) is 1. The Morgan fingerprint density at radius 3 is 2.59 bits per heavy atom. The van der Waals surface area contributed by atoms with Gasteiger partial charge in [0.15, 0.2) is 0 Å². The fourth-order valence-electron chi connectivity index (χ4n) is 1.78. The first-order valence-electron chi connectivity index (χ1n) is 6.75. The molecule has 0 radical (unpaired) electrons. The van der Waals surface area contributed by atoms with Crippen molar-refractivity contribution in [3.8, 4) is 5.75 Å². The van der Waals surface area contributed by atoms with Crippen LogP contribution in [-0.4, -0.2) is 12.5 Å². The molecule has 0 aliphatic heterocycles. The minimum Gasteiger partial charge on any atom is -0.494 e. The zero-order chi connectivity index (χ0) is 15.9. The molecule has 0 fully saturated rings. The summed E-state index contributed by atoms with van der Waals surface area (Å²) in [6.45, 7) is 2.47. The van der Waals surface area contributed by atoms with Crippen LogP contribution in [0, 0.1) is 11.6 Å². The van der Waals surface area contributed by atoms with E-state index in [4.69, 9.17) is 4.74 Å². The molecular weight excluding hydrogens is 288 g/mol. The van der Waals surface area contributed by atoms with E-state index in [1.165, 1.54) is 6.08 Å². The predicted octanol–water partition coefficient (Wildman–Crippen LogP) is 4.02. The highest BCUT2D eigenvalue weighted by Gasteiger charge is 2.05. The monoisotopic (exact) mass is 303 g/mol. The molecule has 3 nitrogen and oxygen atoms in total. The summed E-state index contributed by atoms with van der Waals surface area (Å²) in [6.07, 6.45) is 2.82. The molecule has 1 N–H and O–H groups in total. The Hall–Kier alpha value is -2.69. The highest BCUT2D eigenvalue weighted by atomic mass is 19.1. The quantitative estimate of drug-likeness (QED) is 0.847. The lowest BCUT2D eigenvalue weighted by molar-refractivity contribution is -0.111. The Kier molecular flexibility index (Phi) is 5.25. The summed E-state index contributed by atoms with van der Waals surface area (Å²) in [4.78, 5) is 11.7. The van der Waals surface area contributed by atoms with Gasteiger partial charge in [0.1, 0.15) is 17.4 Å². The molecule has 1 amide bonds. The van der Waals surface area contributed by atoms with E-state index >= 15 is 0 Å². The summed E-state index contributed by atoms with van der Waals surface area (Å²) in [5, 5.41) is 2.29. The van der Waals surface area contributed by atoms with Gasteiger partial charge in [-0.3, -0.25) is 4.79 Å². The Morgan fingerprint density at radius 1 is 1.18 bits per heavy atom. The van der Waals surface area contributed by atoms with Crippen molar-refractivity contribution in [1.82, 2.24) is 0 Å². The topological polar surface area (TPSA) is 38.3 Å². The number of ether oxygens (including phenoxy) is 1. The van der Waals surface area contributed by atoms with Crippen molar-refractivity contribution in [2.75, 3.05) is 11.9 Å². The average Bonchev–Trinajstić information content (AvgIpc) is 2.51. The van der Waals surface area contributed by atoms with Gasteiger partial charge >= 0.3 is 0 Å². The normalized spacial score (nSPS) is 10.7. The van der Waals surface area contributed by atoms with Crippen molar-refractivity contribution in [3.05, 3.63) is 65.7 Å². The van der Waals surface area contributed by atoms with E-state index in [2.05, 4.69) is 5.32 Å². The van der Waals surface area contributed by atoms with Gasteiger partial charge in [-0.15, -0.1) is 0 Å². The summed E-state index contributed by atoms with van der Waals surface area (Å²) in [5.41, 5.74) is 0.597.